The molecule has 0 radical (unpaired) electrons. The predicted octanol–water partition coefficient (Wildman–Crippen LogP) is 4.08. The summed E-state index contributed by atoms with van der Waals surface area (Å²) in [6, 6.07) is 10.0. The number of rotatable bonds is 11. The van der Waals surface area contributed by atoms with Gasteiger partial charge in [-0.1, -0.05) is 57.0 Å². The van der Waals surface area contributed by atoms with Crippen molar-refractivity contribution < 1.29 is 15.1 Å². The van der Waals surface area contributed by atoms with Crippen LogP contribution in [0.15, 0.2) is 30.3 Å². The summed E-state index contributed by atoms with van der Waals surface area (Å²) in [4.78, 5) is 6.37. The molecule has 4 heteroatoms. The van der Waals surface area contributed by atoms with Crippen molar-refractivity contribution in [1.29, 1.82) is 0 Å². The molecular weight excluding hydrogens is 302 g/mol. The number of aliphatic hydroxyl groups excluding tert-OH is 2. The van der Waals surface area contributed by atoms with Gasteiger partial charge < -0.3 is 10.2 Å². The monoisotopic (exact) mass is 337 g/mol. The first-order valence-electron chi connectivity index (χ1n) is 9.10. The summed E-state index contributed by atoms with van der Waals surface area (Å²) in [5.41, 5.74) is 0.00518. The molecule has 1 atom stereocenters. The zero-order valence-electron chi connectivity index (χ0n) is 16.0. The lowest BCUT2D eigenvalue weighted by atomic mass is 9.85. The fourth-order valence-electron chi connectivity index (χ4n) is 3.38. The lowest BCUT2D eigenvalue weighted by molar-refractivity contribution is -0.312. The molecule has 1 unspecified atom stereocenters. The van der Waals surface area contributed by atoms with E-state index in [9.17, 15) is 10.2 Å². The molecule has 0 aliphatic carbocycles. The molecule has 0 amide bonds. The SMILES string of the molecule is CCCC(CO)(CCC)N(OC(C)c1ccccc1)C(C)(C)CO. The highest BCUT2D eigenvalue weighted by molar-refractivity contribution is 5.16. The number of hydroxylamine groups is 2. The molecular formula is C20H35NO3. The van der Waals surface area contributed by atoms with Gasteiger partial charge in [-0.3, -0.25) is 4.84 Å². The second kappa shape index (κ2) is 9.52. The summed E-state index contributed by atoms with van der Waals surface area (Å²) in [6.45, 7) is 10.1. The van der Waals surface area contributed by atoms with Gasteiger partial charge in [0.2, 0.25) is 0 Å². The maximum Gasteiger partial charge on any atom is 0.102 e. The van der Waals surface area contributed by atoms with Crippen LogP contribution in [0.5, 0.6) is 0 Å². The first-order valence-corrected chi connectivity index (χ1v) is 9.10. The van der Waals surface area contributed by atoms with Crippen molar-refractivity contribution >= 4 is 0 Å². The summed E-state index contributed by atoms with van der Waals surface area (Å²) in [7, 11) is 0. The molecule has 0 aromatic heterocycles. The Morgan fingerprint density at radius 1 is 1.00 bits per heavy atom. The molecule has 0 bridgehead atoms. The minimum absolute atomic E-state index is 0.0135. The van der Waals surface area contributed by atoms with E-state index in [4.69, 9.17) is 4.84 Å². The van der Waals surface area contributed by atoms with Crippen LogP contribution in [-0.4, -0.2) is 39.6 Å². The van der Waals surface area contributed by atoms with E-state index in [1.54, 1.807) is 0 Å². The molecule has 24 heavy (non-hydrogen) atoms. The Kier molecular flexibility index (Phi) is 8.37. The summed E-state index contributed by atoms with van der Waals surface area (Å²) < 4.78 is 0. The predicted molar refractivity (Wildman–Crippen MR) is 98.6 cm³/mol. The number of nitrogens with zero attached hydrogens (tertiary/aromatic N) is 1. The van der Waals surface area contributed by atoms with E-state index in [1.807, 2.05) is 56.2 Å². The quantitative estimate of drug-likeness (QED) is 0.597. The van der Waals surface area contributed by atoms with Crippen LogP contribution in [0.1, 0.15) is 72.0 Å². The molecule has 1 aromatic rings. The average molecular weight is 338 g/mol. The maximum absolute atomic E-state index is 10.2. The summed E-state index contributed by atoms with van der Waals surface area (Å²) in [5.74, 6) is 0. The minimum atomic E-state index is -0.587. The van der Waals surface area contributed by atoms with Crippen LogP contribution in [0, 0.1) is 0 Å². The highest BCUT2D eigenvalue weighted by Crippen LogP contribution is 2.36. The van der Waals surface area contributed by atoms with Crippen LogP contribution in [0.25, 0.3) is 0 Å². The normalized spacial score (nSPS) is 14.2. The Hall–Kier alpha value is -0.940. The molecule has 0 saturated heterocycles. The van der Waals surface area contributed by atoms with Crippen molar-refractivity contribution in [2.75, 3.05) is 13.2 Å². The van der Waals surface area contributed by atoms with Gasteiger partial charge >= 0.3 is 0 Å². The zero-order chi connectivity index (χ0) is 18.2. The Morgan fingerprint density at radius 2 is 1.54 bits per heavy atom. The van der Waals surface area contributed by atoms with Crippen molar-refractivity contribution in [3.8, 4) is 0 Å². The number of hydrogen-bond donors (Lipinski definition) is 2. The van der Waals surface area contributed by atoms with Crippen LogP contribution >= 0.6 is 0 Å². The highest BCUT2D eigenvalue weighted by atomic mass is 16.7. The molecule has 2 N–H and O–H groups in total. The second-order valence-corrected chi connectivity index (χ2v) is 7.31. The standard InChI is InChI=1S/C20H35NO3/c1-6-13-20(16-23,14-7-2)21(19(4,5)15-22)24-17(3)18-11-9-8-10-12-18/h8-12,17,22-23H,6-7,13-16H2,1-5H3. The van der Waals surface area contributed by atoms with Gasteiger partial charge in [-0.15, -0.1) is 0 Å². The van der Waals surface area contributed by atoms with Crippen molar-refractivity contribution in [2.45, 2.75) is 77.5 Å². The second-order valence-electron chi connectivity index (χ2n) is 7.31. The molecule has 1 aromatic carbocycles. The van der Waals surface area contributed by atoms with E-state index in [0.29, 0.717) is 0 Å². The van der Waals surface area contributed by atoms with E-state index >= 15 is 0 Å². The van der Waals surface area contributed by atoms with Crippen LogP contribution < -0.4 is 0 Å². The largest absolute Gasteiger partial charge is 0.394 e. The van der Waals surface area contributed by atoms with Crippen LogP contribution in [0.4, 0.5) is 0 Å². The molecule has 0 fully saturated rings. The fraction of sp³-hybridized carbons (Fsp3) is 0.700. The van der Waals surface area contributed by atoms with Crippen LogP contribution in [0.2, 0.25) is 0 Å². The fourth-order valence-corrected chi connectivity index (χ4v) is 3.38. The Balaban J connectivity index is 3.19. The molecule has 0 heterocycles. The minimum Gasteiger partial charge on any atom is -0.394 e. The molecule has 0 spiro atoms. The van der Waals surface area contributed by atoms with E-state index in [1.165, 1.54) is 0 Å². The summed E-state index contributed by atoms with van der Waals surface area (Å²) in [6.07, 6.45) is 3.38. The summed E-state index contributed by atoms with van der Waals surface area (Å²) in [5, 5.41) is 22.1. The smallest absolute Gasteiger partial charge is 0.102 e. The molecule has 0 aliphatic heterocycles. The third-order valence-corrected chi connectivity index (χ3v) is 4.63. The molecule has 138 valence electrons. The molecule has 4 nitrogen and oxygen atoms in total. The maximum atomic E-state index is 10.2. The van der Waals surface area contributed by atoms with Gasteiger partial charge in [0.15, 0.2) is 0 Å². The number of aliphatic hydroxyl groups is 2. The van der Waals surface area contributed by atoms with Gasteiger partial charge in [0.25, 0.3) is 0 Å². The van der Waals surface area contributed by atoms with Gasteiger partial charge in [0, 0.05) is 0 Å². The van der Waals surface area contributed by atoms with Gasteiger partial charge in [0.1, 0.15) is 6.10 Å². The van der Waals surface area contributed by atoms with Gasteiger partial charge in [-0.25, -0.2) is 0 Å². The molecule has 0 saturated carbocycles. The number of hydrogen-bond acceptors (Lipinski definition) is 4. The number of benzene rings is 1. The van der Waals surface area contributed by atoms with Gasteiger partial charge in [-0.05, 0) is 39.2 Å². The molecule has 0 aliphatic rings. The van der Waals surface area contributed by atoms with Crippen molar-refractivity contribution in [3.63, 3.8) is 0 Å². The third kappa shape index (κ3) is 5.03. The molecule has 1 rings (SSSR count). The van der Waals surface area contributed by atoms with Gasteiger partial charge in [0.05, 0.1) is 24.3 Å². The van der Waals surface area contributed by atoms with Gasteiger partial charge in [-0.2, -0.15) is 5.06 Å². The zero-order valence-corrected chi connectivity index (χ0v) is 16.0. The first kappa shape index (κ1) is 21.1. The average Bonchev–Trinajstić information content (AvgIpc) is 2.59. The highest BCUT2D eigenvalue weighted by Gasteiger charge is 2.44. The first-order chi connectivity index (χ1) is 11.4. The topological polar surface area (TPSA) is 52.9 Å². The Labute approximate surface area is 147 Å². The lowest BCUT2D eigenvalue weighted by Crippen LogP contribution is -2.61. The van der Waals surface area contributed by atoms with Crippen LogP contribution in [0.3, 0.4) is 0 Å². The van der Waals surface area contributed by atoms with Crippen LogP contribution in [-0.2, 0) is 4.84 Å². The van der Waals surface area contributed by atoms with Crippen molar-refractivity contribution in [3.05, 3.63) is 35.9 Å². The van der Waals surface area contributed by atoms with E-state index < -0.39 is 11.1 Å². The lowest BCUT2D eigenvalue weighted by Gasteiger charge is -2.50. The van der Waals surface area contributed by atoms with E-state index in [0.717, 1.165) is 31.2 Å². The Bertz CT molecular complexity index is 455. The van der Waals surface area contributed by atoms with Crippen molar-refractivity contribution in [1.82, 2.24) is 5.06 Å². The van der Waals surface area contributed by atoms with E-state index in [-0.39, 0.29) is 19.3 Å². The summed E-state index contributed by atoms with van der Waals surface area (Å²) >= 11 is 0. The third-order valence-electron chi connectivity index (χ3n) is 4.63. The van der Waals surface area contributed by atoms with E-state index in [2.05, 4.69) is 13.8 Å². The van der Waals surface area contributed by atoms with Crippen molar-refractivity contribution in [2.24, 2.45) is 0 Å². The Morgan fingerprint density at radius 3 is 1.96 bits per heavy atom.